The van der Waals surface area contributed by atoms with Crippen LogP contribution in [0.2, 0.25) is 13.1 Å². The van der Waals surface area contributed by atoms with Gasteiger partial charge in [0.2, 0.25) is 0 Å². The van der Waals surface area contributed by atoms with Crippen molar-refractivity contribution in [1.29, 1.82) is 0 Å². The first kappa shape index (κ1) is 12.0. The highest BCUT2D eigenvalue weighted by molar-refractivity contribution is 6.49. The molecule has 0 aliphatic rings. The molecular formula is C13H19OSi. The van der Waals surface area contributed by atoms with Crippen molar-refractivity contribution < 1.29 is 4.43 Å². The van der Waals surface area contributed by atoms with E-state index in [4.69, 9.17) is 4.43 Å². The highest BCUT2D eigenvalue weighted by Gasteiger charge is 2.09. The Kier molecular flexibility index (Phi) is 4.15. The molecular weight excluding hydrogens is 200 g/mol. The predicted molar refractivity (Wildman–Crippen MR) is 67.9 cm³/mol. The Labute approximate surface area is 94.5 Å². The van der Waals surface area contributed by atoms with Crippen LogP contribution in [0.1, 0.15) is 16.7 Å². The van der Waals surface area contributed by atoms with Crippen LogP contribution in [0, 0.1) is 13.8 Å². The maximum atomic E-state index is 5.94. The third-order valence-electron chi connectivity index (χ3n) is 2.17. The number of aryl methyl sites for hydroxylation is 2. The van der Waals surface area contributed by atoms with Crippen LogP contribution < -0.4 is 4.43 Å². The quantitative estimate of drug-likeness (QED) is 0.554. The fourth-order valence-corrected chi connectivity index (χ4v) is 2.40. The predicted octanol–water partition coefficient (Wildman–Crippen LogP) is 3.66. The molecule has 0 unspecified atom stereocenters. The average molecular weight is 219 g/mol. The second kappa shape index (κ2) is 5.17. The zero-order chi connectivity index (χ0) is 11.4. The van der Waals surface area contributed by atoms with Crippen molar-refractivity contribution in [2.24, 2.45) is 0 Å². The SMILES string of the molecule is C=CCc1cc(C)cc(C)c1O[Si](C)C. The molecule has 0 saturated carbocycles. The first-order valence-electron chi connectivity index (χ1n) is 5.23. The van der Waals surface area contributed by atoms with E-state index in [0.717, 1.165) is 12.2 Å². The lowest BCUT2D eigenvalue weighted by Gasteiger charge is -2.16. The van der Waals surface area contributed by atoms with Gasteiger partial charge in [0.05, 0.1) is 0 Å². The van der Waals surface area contributed by atoms with Crippen LogP contribution in [0.5, 0.6) is 5.75 Å². The number of hydrogen-bond acceptors (Lipinski definition) is 1. The maximum Gasteiger partial charge on any atom is 0.274 e. The number of allylic oxidation sites excluding steroid dienone is 1. The molecule has 0 bridgehead atoms. The molecule has 1 aromatic rings. The van der Waals surface area contributed by atoms with E-state index in [1.807, 2.05) is 6.08 Å². The second-order valence-electron chi connectivity index (χ2n) is 4.07. The molecule has 15 heavy (non-hydrogen) atoms. The summed E-state index contributed by atoms with van der Waals surface area (Å²) in [5.74, 6) is 1.07. The van der Waals surface area contributed by atoms with Gasteiger partial charge in [0.15, 0.2) is 0 Å². The zero-order valence-electron chi connectivity index (χ0n) is 10.1. The molecule has 1 nitrogen and oxygen atoms in total. The molecule has 1 radical (unpaired) electrons. The number of rotatable bonds is 4. The molecule has 0 aromatic heterocycles. The van der Waals surface area contributed by atoms with E-state index < -0.39 is 9.04 Å². The zero-order valence-corrected chi connectivity index (χ0v) is 11.1. The Balaban J connectivity index is 3.13. The fourth-order valence-electron chi connectivity index (χ4n) is 1.70. The van der Waals surface area contributed by atoms with Crippen LogP contribution in [0.15, 0.2) is 24.8 Å². The number of hydrogen-bond donors (Lipinski definition) is 0. The molecule has 0 aliphatic heterocycles. The maximum absolute atomic E-state index is 5.94. The van der Waals surface area contributed by atoms with Crippen molar-refractivity contribution in [2.45, 2.75) is 33.4 Å². The summed E-state index contributed by atoms with van der Waals surface area (Å²) in [6, 6.07) is 4.36. The molecule has 2 heteroatoms. The van der Waals surface area contributed by atoms with Crippen LogP contribution in [0.3, 0.4) is 0 Å². The van der Waals surface area contributed by atoms with Crippen molar-refractivity contribution in [1.82, 2.24) is 0 Å². The van der Waals surface area contributed by atoms with Gasteiger partial charge < -0.3 is 4.43 Å². The molecule has 0 amide bonds. The molecule has 0 spiro atoms. The monoisotopic (exact) mass is 219 g/mol. The van der Waals surface area contributed by atoms with Crippen molar-refractivity contribution in [2.75, 3.05) is 0 Å². The van der Waals surface area contributed by atoms with E-state index in [1.54, 1.807) is 0 Å². The highest BCUT2D eigenvalue weighted by Crippen LogP contribution is 2.26. The van der Waals surface area contributed by atoms with Gasteiger partial charge in [0.1, 0.15) is 5.75 Å². The van der Waals surface area contributed by atoms with Gasteiger partial charge in [-0.3, -0.25) is 0 Å². The van der Waals surface area contributed by atoms with E-state index >= 15 is 0 Å². The van der Waals surface area contributed by atoms with Gasteiger partial charge in [0, 0.05) is 0 Å². The van der Waals surface area contributed by atoms with E-state index in [9.17, 15) is 0 Å². The molecule has 81 valence electrons. The minimum absolute atomic E-state index is 0.696. The minimum Gasteiger partial charge on any atom is -0.542 e. The van der Waals surface area contributed by atoms with Gasteiger partial charge in [-0.1, -0.05) is 23.8 Å². The van der Waals surface area contributed by atoms with Crippen molar-refractivity contribution in [3.8, 4) is 5.75 Å². The summed E-state index contributed by atoms with van der Waals surface area (Å²) >= 11 is 0. The molecule has 0 heterocycles. The Hall–Kier alpha value is -1.02. The lowest BCUT2D eigenvalue weighted by Crippen LogP contribution is -2.13. The Morgan fingerprint density at radius 3 is 2.53 bits per heavy atom. The third-order valence-corrected chi connectivity index (χ3v) is 2.78. The molecule has 0 aliphatic carbocycles. The Bertz CT molecular complexity index is 356. The summed E-state index contributed by atoms with van der Waals surface area (Å²) in [4.78, 5) is 0. The van der Waals surface area contributed by atoms with Crippen molar-refractivity contribution in [3.63, 3.8) is 0 Å². The van der Waals surface area contributed by atoms with Gasteiger partial charge in [-0.05, 0) is 44.5 Å². The smallest absolute Gasteiger partial charge is 0.274 e. The molecule has 1 rings (SSSR count). The Morgan fingerprint density at radius 1 is 1.33 bits per heavy atom. The largest absolute Gasteiger partial charge is 0.542 e. The molecule has 0 fully saturated rings. The van der Waals surface area contributed by atoms with Crippen molar-refractivity contribution in [3.05, 3.63) is 41.5 Å². The van der Waals surface area contributed by atoms with E-state index in [-0.39, 0.29) is 0 Å². The molecule has 1 aromatic carbocycles. The van der Waals surface area contributed by atoms with Gasteiger partial charge in [-0.25, -0.2) is 0 Å². The van der Waals surface area contributed by atoms with E-state index in [0.29, 0.717) is 0 Å². The summed E-state index contributed by atoms with van der Waals surface area (Å²) in [5, 5.41) is 0. The first-order chi connectivity index (χ1) is 7.04. The lowest BCUT2D eigenvalue weighted by atomic mass is 10.0. The molecule has 0 atom stereocenters. The van der Waals surface area contributed by atoms with Gasteiger partial charge in [0.25, 0.3) is 9.04 Å². The van der Waals surface area contributed by atoms with Crippen molar-refractivity contribution >= 4 is 9.04 Å². The Morgan fingerprint density at radius 2 is 2.00 bits per heavy atom. The van der Waals surface area contributed by atoms with Crippen LogP contribution >= 0.6 is 0 Å². The summed E-state index contributed by atoms with van der Waals surface area (Å²) < 4.78 is 5.94. The normalized spacial score (nSPS) is 10.5. The lowest BCUT2D eigenvalue weighted by molar-refractivity contribution is 0.568. The molecule has 0 saturated heterocycles. The van der Waals surface area contributed by atoms with Gasteiger partial charge in [-0.2, -0.15) is 0 Å². The second-order valence-corrected chi connectivity index (χ2v) is 6.09. The van der Waals surface area contributed by atoms with E-state index in [1.165, 1.54) is 16.7 Å². The summed E-state index contributed by atoms with van der Waals surface area (Å²) in [6.45, 7) is 12.3. The fraction of sp³-hybridized carbons (Fsp3) is 0.385. The topological polar surface area (TPSA) is 9.23 Å². The highest BCUT2D eigenvalue weighted by atomic mass is 28.3. The standard InChI is InChI=1S/C13H19OSi/c1-6-7-12-9-10(2)8-11(3)13(12)14-15(4)5/h6,8-9H,1,7H2,2-5H3. The van der Waals surface area contributed by atoms with Crippen LogP contribution in [0.4, 0.5) is 0 Å². The van der Waals surface area contributed by atoms with Gasteiger partial charge in [-0.15, -0.1) is 6.58 Å². The minimum atomic E-state index is -0.696. The summed E-state index contributed by atoms with van der Waals surface area (Å²) in [6.07, 6.45) is 2.81. The molecule has 0 N–H and O–H groups in total. The van der Waals surface area contributed by atoms with Crippen LogP contribution in [-0.2, 0) is 6.42 Å². The van der Waals surface area contributed by atoms with Gasteiger partial charge >= 0.3 is 0 Å². The number of benzene rings is 1. The van der Waals surface area contributed by atoms with Crippen LogP contribution in [0.25, 0.3) is 0 Å². The average Bonchev–Trinajstić information content (AvgIpc) is 2.11. The van der Waals surface area contributed by atoms with E-state index in [2.05, 4.69) is 45.7 Å². The summed E-state index contributed by atoms with van der Waals surface area (Å²) in [7, 11) is -0.696. The van der Waals surface area contributed by atoms with Crippen LogP contribution in [-0.4, -0.2) is 9.04 Å². The third kappa shape index (κ3) is 3.24. The first-order valence-corrected chi connectivity index (χ1v) is 7.64. The summed E-state index contributed by atoms with van der Waals surface area (Å²) in [5.41, 5.74) is 3.78.